The van der Waals surface area contributed by atoms with E-state index in [1.807, 2.05) is 0 Å². The molecule has 0 radical (unpaired) electrons. The van der Waals surface area contributed by atoms with Gasteiger partial charge < -0.3 is 4.74 Å². The first kappa shape index (κ1) is 13.5. The van der Waals surface area contributed by atoms with Gasteiger partial charge in [-0.1, -0.05) is 6.42 Å². The maximum atomic E-state index is 5.34. The van der Waals surface area contributed by atoms with E-state index in [2.05, 4.69) is 17.2 Å². The Kier molecular flexibility index (Phi) is 4.20. The molecule has 0 amide bonds. The van der Waals surface area contributed by atoms with E-state index < -0.39 is 0 Å². The van der Waals surface area contributed by atoms with Gasteiger partial charge in [0.05, 0.1) is 5.69 Å². The topological polar surface area (TPSA) is 25.4 Å². The molecule has 0 bridgehead atoms. The molecule has 3 nitrogen and oxygen atoms in total. The van der Waals surface area contributed by atoms with Crippen LogP contribution in [-0.2, 0) is 11.3 Å². The Morgan fingerprint density at radius 3 is 3.11 bits per heavy atom. The minimum absolute atomic E-state index is 0.124. The SMILES string of the molecule is CO[C@H](C)c1nc(CN2CCC[C@@H]3CCC[C@H]32)cs1. The van der Waals surface area contributed by atoms with E-state index in [9.17, 15) is 0 Å². The molecule has 0 spiro atoms. The Balaban J connectivity index is 1.65. The van der Waals surface area contributed by atoms with Gasteiger partial charge in [0.25, 0.3) is 0 Å². The van der Waals surface area contributed by atoms with Crippen molar-refractivity contribution in [3.05, 3.63) is 16.1 Å². The van der Waals surface area contributed by atoms with Crippen LogP contribution >= 0.6 is 11.3 Å². The predicted octanol–water partition coefficient (Wildman–Crippen LogP) is 3.62. The van der Waals surface area contributed by atoms with Crippen LogP contribution in [0.3, 0.4) is 0 Å². The summed E-state index contributed by atoms with van der Waals surface area (Å²) in [7, 11) is 1.75. The Hall–Kier alpha value is -0.450. The number of methoxy groups -OCH3 is 1. The van der Waals surface area contributed by atoms with Gasteiger partial charge in [-0.15, -0.1) is 11.3 Å². The van der Waals surface area contributed by atoms with E-state index in [4.69, 9.17) is 9.72 Å². The summed E-state index contributed by atoms with van der Waals surface area (Å²) in [6.45, 7) is 4.36. The first-order valence-corrected chi connectivity index (χ1v) is 8.37. The zero-order valence-electron chi connectivity index (χ0n) is 12.0. The second-order valence-electron chi connectivity index (χ2n) is 5.93. The molecule has 3 atom stereocenters. The summed E-state index contributed by atoms with van der Waals surface area (Å²) in [5.74, 6) is 0.963. The lowest BCUT2D eigenvalue weighted by Gasteiger charge is -2.37. The number of aromatic nitrogens is 1. The molecule has 1 aliphatic heterocycles. The van der Waals surface area contributed by atoms with Crippen molar-refractivity contribution in [2.75, 3.05) is 13.7 Å². The molecule has 2 fully saturated rings. The summed E-state index contributed by atoms with van der Waals surface area (Å²) in [5.41, 5.74) is 1.23. The highest BCUT2D eigenvalue weighted by atomic mass is 32.1. The molecular weight excluding hydrogens is 256 g/mol. The predicted molar refractivity (Wildman–Crippen MR) is 78.3 cm³/mol. The van der Waals surface area contributed by atoms with Crippen LogP contribution < -0.4 is 0 Å². The lowest BCUT2D eigenvalue weighted by atomic mass is 9.92. The fourth-order valence-corrected chi connectivity index (χ4v) is 4.49. The Labute approximate surface area is 120 Å². The summed E-state index contributed by atoms with van der Waals surface area (Å²) in [6.07, 6.45) is 7.21. The molecule has 2 heterocycles. The summed E-state index contributed by atoms with van der Waals surface area (Å²) in [4.78, 5) is 7.42. The number of thiazole rings is 1. The van der Waals surface area contributed by atoms with Gasteiger partial charge in [0.15, 0.2) is 0 Å². The van der Waals surface area contributed by atoms with Crippen molar-refractivity contribution >= 4 is 11.3 Å². The van der Waals surface area contributed by atoms with Crippen LogP contribution in [0.4, 0.5) is 0 Å². The highest BCUT2D eigenvalue weighted by Gasteiger charge is 2.34. The van der Waals surface area contributed by atoms with E-state index in [1.54, 1.807) is 18.4 Å². The third-order valence-electron chi connectivity index (χ3n) is 4.74. The van der Waals surface area contributed by atoms with Crippen LogP contribution in [0.1, 0.15) is 55.8 Å². The third-order valence-corrected chi connectivity index (χ3v) is 5.80. The smallest absolute Gasteiger partial charge is 0.122 e. The van der Waals surface area contributed by atoms with Crippen molar-refractivity contribution in [1.82, 2.24) is 9.88 Å². The average Bonchev–Trinajstić information content (AvgIpc) is 3.07. The second-order valence-corrected chi connectivity index (χ2v) is 6.82. The van der Waals surface area contributed by atoms with Gasteiger partial charge in [0.2, 0.25) is 0 Å². The summed E-state index contributed by atoms with van der Waals surface area (Å²) in [6, 6.07) is 0.832. The first-order valence-electron chi connectivity index (χ1n) is 7.49. The molecule has 19 heavy (non-hydrogen) atoms. The molecule has 1 aromatic rings. The Morgan fingerprint density at radius 1 is 1.42 bits per heavy atom. The van der Waals surface area contributed by atoms with Crippen LogP contribution in [0.15, 0.2) is 5.38 Å². The number of hydrogen-bond donors (Lipinski definition) is 0. The van der Waals surface area contributed by atoms with Crippen molar-refractivity contribution in [3.8, 4) is 0 Å². The Bertz CT molecular complexity index is 420. The van der Waals surface area contributed by atoms with E-state index in [0.717, 1.165) is 23.5 Å². The average molecular weight is 280 g/mol. The summed E-state index contributed by atoms with van der Waals surface area (Å²) in [5, 5.41) is 3.32. The highest BCUT2D eigenvalue weighted by Crippen LogP contribution is 2.37. The van der Waals surface area contributed by atoms with Gasteiger partial charge in [0.1, 0.15) is 11.1 Å². The molecule has 0 aromatic carbocycles. The molecule has 106 valence electrons. The third kappa shape index (κ3) is 2.86. The van der Waals surface area contributed by atoms with Crippen molar-refractivity contribution in [3.63, 3.8) is 0 Å². The fourth-order valence-electron chi connectivity index (χ4n) is 3.64. The van der Waals surface area contributed by atoms with Crippen molar-refractivity contribution in [2.45, 2.75) is 57.7 Å². The van der Waals surface area contributed by atoms with Gasteiger partial charge >= 0.3 is 0 Å². The molecule has 1 saturated carbocycles. The van der Waals surface area contributed by atoms with Crippen LogP contribution in [-0.4, -0.2) is 29.6 Å². The zero-order chi connectivity index (χ0) is 13.2. The molecular formula is C15H24N2OS. The lowest BCUT2D eigenvalue weighted by molar-refractivity contribution is 0.103. The normalized spacial score (nSPS) is 29.4. The molecule has 1 saturated heterocycles. The minimum atomic E-state index is 0.124. The number of piperidine rings is 1. The Morgan fingerprint density at radius 2 is 2.26 bits per heavy atom. The maximum Gasteiger partial charge on any atom is 0.122 e. The minimum Gasteiger partial charge on any atom is -0.375 e. The number of hydrogen-bond acceptors (Lipinski definition) is 4. The standard InChI is InChI=1S/C15H24N2OS/c1-11(18-2)15-16-13(10-19-15)9-17-8-4-6-12-5-3-7-14(12)17/h10-12,14H,3-9H2,1-2H3/t11-,12+,14-/m1/s1. The van der Waals surface area contributed by atoms with Gasteiger partial charge in [-0.05, 0) is 45.1 Å². The number of likely N-dealkylation sites (tertiary alicyclic amines) is 1. The van der Waals surface area contributed by atoms with Crippen molar-refractivity contribution in [1.29, 1.82) is 0 Å². The van der Waals surface area contributed by atoms with Crippen LogP contribution in [0.25, 0.3) is 0 Å². The van der Waals surface area contributed by atoms with E-state index in [0.29, 0.717) is 0 Å². The molecule has 4 heteroatoms. The number of fused-ring (bicyclic) bond motifs is 1. The van der Waals surface area contributed by atoms with Gasteiger partial charge in [-0.2, -0.15) is 0 Å². The molecule has 2 aliphatic rings. The van der Waals surface area contributed by atoms with Gasteiger partial charge in [0, 0.05) is 25.1 Å². The van der Waals surface area contributed by atoms with E-state index in [1.165, 1.54) is 44.3 Å². The van der Waals surface area contributed by atoms with Crippen LogP contribution in [0, 0.1) is 5.92 Å². The maximum absolute atomic E-state index is 5.34. The number of rotatable bonds is 4. The molecule has 3 rings (SSSR count). The first-order chi connectivity index (χ1) is 9.28. The van der Waals surface area contributed by atoms with Crippen LogP contribution in [0.5, 0.6) is 0 Å². The van der Waals surface area contributed by atoms with Crippen LogP contribution in [0.2, 0.25) is 0 Å². The van der Waals surface area contributed by atoms with Gasteiger partial charge in [-0.3, -0.25) is 4.90 Å². The van der Waals surface area contributed by atoms with Crippen molar-refractivity contribution < 1.29 is 4.74 Å². The van der Waals surface area contributed by atoms with E-state index in [-0.39, 0.29) is 6.10 Å². The molecule has 1 aliphatic carbocycles. The lowest BCUT2D eigenvalue weighted by Crippen LogP contribution is -2.41. The largest absolute Gasteiger partial charge is 0.375 e. The number of ether oxygens (including phenoxy) is 1. The molecule has 0 N–H and O–H groups in total. The summed E-state index contributed by atoms with van der Waals surface area (Å²) >= 11 is 1.73. The van der Waals surface area contributed by atoms with Gasteiger partial charge in [-0.25, -0.2) is 4.98 Å². The monoisotopic (exact) mass is 280 g/mol. The number of nitrogens with zero attached hydrogens (tertiary/aromatic N) is 2. The molecule has 1 aromatic heterocycles. The quantitative estimate of drug-likeness (QED) is 0.842. The summed E-state index contributed by atoms with van der Waals surface area (Å²) < 4.78 is 5.34. The highest BCUT2D eigenvalue weighted by molar-refractivity contribution is 7.09. The second kappa shape index (κ2) is 5.90. The van der Waals surface area contributed by atoms with E-state index >= 15 is 0 Å². The fraction of sp³-hybridized carbons (Fsp3) is 0.800. The zero-order valence-corrected chi connectivity index (χ0v) is 12.8. The molecule has 0 unspecified atom stereocenters. The van der Waals surface area contributed by atoms with Crippen molar-refractivity contribution in [2.24, 2.45) is 5.92 Å².